The Bertz CT molecular complexity index is 399. The zero-order valence-corrected chi connectivity index (χ0v) is 10.5. The van der Waals surface area contributed by atoms with E-state index >= 15 is 0 Å². The van der Waals surface area contributed by atoms with Crippen LogP contribution in [0.5, 0.6) is 0 Å². The second kappa shape index (κ2) is 5.12. The molecule has 0 saturated heterocycles. The summed E-state index contributed by atoms with van der Waals surface area (Å²) >= 11 is 0. The van der Waals surface area contributed by atoms with E-state index in [9.17, 15) is 4.79 Å². The number of amides is 1. The highest BCUT2D eigenvalue weighted by atomic mass is 16.2. The largest absolute Gasteiger partial charge is 0.273 e. The summed E-state index contributed by atoms with van der Waals surface area (Å²) in [4.78, 5) is 11.3. The van der Waals surface area contributed by atoms with Gasteiger partial charge in [-0.1, -0.05) is 31.0 Å². The molecule has 88 valence electrons. The van der Waals surface area contributed by atoms with E-state index in [0.29, 0.717) is 0 Å². The Morgan fingerprint density at radius 1 is 1.38 bits per heavy atom. The van der Waals surface area contributed by atoms with Gasteiger partial charge in [-0.2, -0.15) is 0 Å². The number of aryl methyl sites for hydroxylation is 3. The molecule has 1 aromatic rings. The zero-order valence-electron chi connectivity index (χ0n) is 10.5. The topological polar surface area (TPSA) is 46.3 Å². The number of benzene rings is 1. The number of hydrazine groups is 1. The van der Waals surface area contributed by atoms with Gasteiger partial charge >= 0.3 is 0 Å². The third kappa shape index (κ3) is 2.61. The molecule has 0 heterocycles. The summed E-state index contributed by atoms with van der Waals surface area (Å²) < 4.78 is 0. The van der Waals surface area contributed by atoms with Crippen LogP contribution in [0, 0.1) is 13.8 Å². The van der Waals surface area contributed by atoms with Gasteiger partial charge in [0, 0.05) is 6.92 Å². The van der Waals surface area contributed by atoms with Gasteiger partial charge < -0.3 is 0 Å². The average Bonchev–Trinajstić information content (AvgIpc) is 2.16. The van der Waals surface area contributed by atoms with Crippen molar-refractivity contribution in [3.8, 4) is 0 Å². The lowest BCUT2D eigenvalue weighted by Gasteiger charge is -2.21. The molecular weight excluding hydrogens is 200 g/mol. The first-order valence-corrected chi connectivity index (χ1v) is 5.62. The molecule has 3 nitrogen and oxygen atoms in total. The molecule has 0 aliphatic rings. The summed E-state index contributed by atoms with van der Waals surface area (Å²) in [6, 6.07) is 4.16. The van der Waals surface area contributed by atoms with Crippen molar-refractivity contribution in [2.75, 3.05) is 5.01 Å². The zero-order chi connectivity index (χ0) is 12.3. The molecule has 0 aliphatic carbocycles. The summed E-state index contributed by atoms with van der Waals surface area (Å²) in [7, 11) is 0. The van der Waals surface area contributed by atoms with Gasteiger partial charge in [-0.25, -0.2) is 10.9 Å². The van der Waals surface area contributed by atoms with Gasteiger partial charge in [-0.05, 0) is 31.4 Å². The minimum Gasteiger partial charge on any atom is -0.273 e. The molecule has 3 heteroatoms. The highest BCUT2D eigenvalue weighted by Crippen LogP contribution is 2.26. The fraction of sp³-hybridized carbons (Fsp3) is 0.462. The van der Waals surface area contributed by atoms with Crippen LogP contribution in [0.15, 0.2) is 12.1 Å². The molecule has 16 heavy (non-hydrogen) atoms. The lowest BCUT2D eigenvalue weighted by molar-refractivity contribution is -0.116. The molecule has 0 atom stereocenters. The summed E-state index contributed by atoms with van der Waals surface area (Å²) in [5, 5.41) is 1.25. The van der Waals surface area contributed by atoms with Crippen LogP contribution in [0.4, 0.5) is 5.69 Å². The maximum atomic E-state index is 11.3. The number of carbonyl (C=O) groups excluding carboxylic acids is 1. The third-order valence-electron chi connectivity index (χ3n) is 2.62. The van der Waals surface area contributed by atoms with Gasteiger partial charge in [0.15, 0.2) is 0 Å². The van der Waals surface area contributed by atoms with Crippen LogP contribution in [-0.4, -0.2) is 5.91 Å². The summed E-state index contributed by atoms with van der Waals surface area (Å²) in [5.74, 6) is 5.67. The molecule has 0 bridgehead atoms. The molecule has 1 amide bonds. The van der Waals surface area contributed by atoms with Crippen molar-refractivity contribution in [1.82, 2.24) is 0 Å². The SMILES string of the molecule is CCCc1cc(C)cc(C)c1N(N)C(C)=O. The highest BCUT2D eigenvalue weighted by Gasteiger charge is 2.14. The number of carbonyl (C=O) groups is 1. The van der Waals surface area contributed by atoms with Gasteiger partial charge in [0.25, 0.3) is 0 Å². The van der Waals surface area contributed by atoms with E-state index in [1.54, 1.807) is 0 Å². The smallest absolute Gasteiger partial charge is 0.238 e. The minimum absolute atomic E-state index is 0.135. The fourth-order valence-electron chi connectivity index (χ4n) is 2.01. The minimum atomic E-state index is -0.135. The number of nitrogens with two attached hydrogens (primary N) is 1. The van der Waals surface area contributed by atoms with Crippen LogP contribution in [0.2, 0.25) is 0 Å². The van der Waals surface area contributed by atoms with Crippen molar-refractivity contribution in [3.05, 3.63) is 28.8 Å². The molecule has 2 N–H and O–H groups in total. The summed E-state index contributed by atoms with van der Waals surface area (Å²) in [5.41, 5.74) is 4.28. The second-order valence-electron chi connectivity index (χ2n) is 4.23. The number of anilines is 1. The number of hydrogen-bond donors (Lipinski definition) is 1. The van der Waals surface area contributed by atoms with Gasteiger partial charge in [0.05, 0.1) is 5.69 Å². The summed E-state index contributed by atoms with van der Waals surface area (Å²) in [6.45, 7) is 7.65. The van der Waals surface area contributed by atoms with Crippen molar-refractivity contribution in [2.45, 2.75) is 40.5 Å². The molecule has 0 saturated carbocycles. The van der Waals surface area contributed by atoms with Gasteiger partial charge in [0.2, 0.25) is 5.91 Å². The molecule has 0 aromatic heterocycles. The van der Waals surface area contributed by atoms with E-state index in [4.69, 9.17) is 5.84 Å². The van der Waals surface area contributed by atoms with Crippen molar-refractivity contribution in [3.63, 3.8) is 0 Å². The van der Waals surface area contributed by atoms with E-state index in [-0.39, 0.29) is 5.91 Å². The van der Waals surface area contributed by atoms with Gasteiger partial charge in [-0.3, -0.25) is 4.79 Å². The van der Waals surface area contributed by atoms with Gasteiger partial charge in [-0.15, -0.1) is 0 Å². The Kier molecular flexibility index (Phi) is 4.07. The Hall–Kier alpha value is -1.35. The molecule has 1 rings (SSSR count). The number of nitrogens with zero attached hydrogens (tertiary/aromatic N) is 1. The van der Waals surface area contributed by atoms with Crippen LogP contribution >= 0.6 is 0 Å². The van der Waals surface area contributed by atoms with E-state index in [2.05, 4.69) is 26.0 Å². The van der Waals surface area contributed by atoms with E-state index in [1.807, 2.05) is 6.92 Å². The van der Waals surface area contributed by atoms with Crippen molar-refractivity contribution in [1.29, 1.82) is 0 Å². The lowest BCUT2D eigenvalue weighted by Crippen LogP contribution is -2.36. The van der Waals surface area contributed by atoms with E-state index < -0.39 is 0 Å². The first-order chi connectivity index (χ1) is 7.47. The fourth-order valence-corrected chi connectivity index (χ4v) is 2.01. The summed E-state index contributed by atoms with van der Waals surface area (Å²) in [6.07, 6.45) is 1.99. The monoisotopic (exact) mass is 220 g/mol. The van der Waals surface area contributed by atoms with E-state index in [0.717, 1.165) is 29.7 Å². The predicted octanol–water partition coefficient (Wildman–Crippen LogP) is 2.48. The Morgan fingerprint density at radius 3 is 2.50 bits per heavy atom. The molecule has 0 radical (unpaired) electrons. The Morgan fingerprint density at radius 2 is 2.00 bits per heavy atom. The Labute approximate surface area is 97.2 Å². The van der Waals surface area contributed by atoms with Crippen LogP contribution in [0.3, 0.4) is 0 Å². The quantitative estimate of drug-likeness (QED) is 0.483. The maximum absolute atomic E-state index is 11.3. The number of hydrogen-bond acceptors (Lipinski definition) is 2. The molecule has 0 aliphatic heterocycles. The lowest BCUT2D eigenvalue weighted by atomic mass is 10.0. The first-order valence-electron chi connectivity index (χ1n) is 5.62. The van der Waals surface area contributed by atoms with Gasteiger partial charge in [0.1, 0.15) is 0 Å². The maximum Gasteiger partial charge on any atom is 0.238 e. The van der Waals surface area contributed by atoms with E-state index in [1.165, 1.54) is 17.5 Å². The van der Waals surface area contributed by atoms with Crippen molar-refractivity contribution >= 4 is 11.6 Å². The number of rotatable bonds is 3. The molecular formula is C13H20N2O. The van der Waals surface area contributed by atoms with Crippen LogP contribution in [0.1, 0.15) is 37.0 Å². The predicted molar refractivity (Wildman–Crippen MR) is 67.3 cm³/mol. The van der Waals surface area contributed by atoms with Crippen LogP contribution in [-0.2, 0) is 11.2 Å². The molecule has 0 unspecified atom stereocenters. The normalized spacial score (nSPS) is 10.3. The van der Waals surface area contributed by atoms with Crippen LogP contribution < -0.4 is 10.9 Å². The van der Waals surface area contributed by atoms with Crippen molar-refractivity contribution in [2.24, 2.45) is 5.84 Å². The van der Waals surface area contributed by atoms with Crippen LogP contribution in [0.25, 0.3) is 0 Å². The van der Waals surface area contributed by atoms with Crippen molar-refractivity contribution < 1.29 is 4.79 Å². The average molecular weight is 220 g/mol. The molecule has 1 aromatic carbocycles. The highest BCUT2D eigenvalue weighted by molar-refractivity contribution is 5.92. The first kappa shape index (κ1) is 12.7. The molecule has 0 spiro atoms. The standard InChI is InChI=1S/C13H20N2O/c1-5-6-12-8-9(2)7-10(3)13(12)15(14)11(4)16/h7-8H,5-6,14H2,1-4H3. The molecule has 0 fully saturated rings. The third-order valence-corrected chi connectivity index (χ3v) is 2.62. The Balaban J connectivity index is 3.28. The second-order valence-corrected chi connectivity index (χ2v) is 4.23.